The van der Waals surface area contributed by atoms with E-state index in [1.165, 1.54) is 10.8 Å². The van der Waals surface area contributed by atoms with E-state index in [2.05, 4.69) is 44.7 Å². The highest BCUT2D eigenvalue weighted by Crippen LogP contribution is 2.24. The minimum Gasteiger partial charge on any atom is -0.352 e. The second-order valence-electron chi connectivity index (χ2n) is 8.63. The summed E-state index contributed by atoms with van der Waals surface area (Å²) in [5.41, 5.74) is 1.14. The summed E-state index contributed by atoms with van der Waals surface area (Å²) in [7, 11) is 0. The van der Waals surface area contributed by atoms with E-state index in [9.17, 15) is 9.59 Å². The number of carbonyl (C=O) groups is 2. The number of rotatable bonds is 7. The zero-order chi connectivity index (χ0) is 21.1. The predicted octanol–water partition coefficient (Wildman–Crippen LogP) is 2.30. The standard InChI is InChI=1S/C24H32N4O2/c1-17(21-9-5-7-19-6-3-4-8-22(19)21)25-23(29)16-27-12-14-28(15-13-27)18(2)24(30)26-20-10-11-20/h3-9,17-18,20H,10-16H2,1-2H3,(H,25,29)(H,26,30). The topological polar surface area (TPSA) is 64.7 Å². The first-order valence-corrected chi connectivity index (χ1v) is 11.0. The molecule has 4 rings (SSSR count). The third kappa shape index (κ3) is 4.99. The zero-order valence-electron chi connectivity index (χ0n) is 17.9. The minimum atomic E-state index is -0.104. The molecule has 2 aromatic rings. The molecule has 0 spiro atoms. The second kappa shape index (κ2) is 9.14. The molecule has 2 fully saturated rings. The molecular weight excluding hydrogens is 376 g/mol. The van der Waals surface area contributed by atoms with Gasteiger partial charge in [-0.05, 0) is 43.0 Å². The van der Waals surface area contributed by atoms with Crippen LogP contribution in [0.25, 0.3) is 10.8 Å². The number of fused-ring (bicyclic) bond motifs is 1. The Morgan fingerprint density at radius 2 is 1.70 bits per heavy atom. The van der Waals surface area contributed by atoms with Crippen molar-refractivity contribution in [2.45, 2.75) is 44.8 Å². The van der Waals surface area contributed by atoms with Crippen LogP contribution < -0.4 is 10.6 Å². The molecular formula is C24H32N4O2. The highest BCUT2D eigenvalue weighted by molar-refractivity contribution is 5.87. The molecule has 0 radical (unpaired) electrons. The van der Waals surface area contributed by atoms with Crippen molar-refractivity contribution < 1.29 is 9.59 Å². The van der Waals surface area contributed by atoms with Gasteiger partial charge >= 0.3 is 0 Å². The van der Waals surface area contributed by atoms with Crippen LogP contribution in [0.5, 0.6) is 0 Å². The molecule has 1 saturated carbocycles. The lowest BCUT2D eigenvalue weighted by Gasteiger charge is -2.37. The number of nitrogens with zero attached hydrogens (tertiary/aromatic N) is 2. The number of amides is 2. The largest absolute Gasteiger partial charge is 0.352 e. The molecule has 1 heterocycles. The van der Waals surface area contributed by atoms with Crippen molar-refractivity contribution in [1.29, 1.82) is 0 Å². The van der Waals surface area contributed by atoms with Crippen LogP contribution in [0.3, 0.4) is 0 Å². The van der Waals surface area contributed by atoms with Gasteiger partial charge in [-0.1, -0.05) is 42.5 Å². The van der Waals surface area contributed by atoms with Gasteiger partial charge in [0.15, 0.2) is 0 Å². The maximum atomic E-state index is 12.7. The third-order valence-electron chi connectivity index (χ3n) is 6.29. The SMILES string of the molecule is CC(NC(=O)CN1CCN(C(C)C(=O)NC2CC2)CC1)c1cccc2ccccc12. The van der Waals surface area contributed by atoms with E-state index >= 15 is 0 Å². The molecule has 2 N–H and O–H groups in total. The fraction of sp³-hybridized carbons (Fsp3) is 0.500. The fourth-order valence-electron chi connectivity index (χ4n) is 4.22. The van der Waals surface area contributed by atoms with Gasteiger partial charge in [0.05, 0.1) is 18.6 Å². The molecule has 0 bridgehead atoms. The molecule has 2 amide bonds. The molecule has 0 aromatic heterocycles. The first-order chi connectivity index (χ1) is 14.5. The van der Waals surface area contributed by atoms with Crippen molar-refractivity contribution in [2.24, 2.45) is 0 Å². The van der Waals surface area contributed by atoms with E-state index in [4.69, 9.17) is 0 Å². The average molecular weight is 409 g/mol. The molecule has 1 saturated heterocycles. The van der Waals surface area contributed by atoms with E-state index < -0.39 is 0 Å². The summed E-state index contributed by atoms with van der Waals surface area (Å²) in [6.45, 7) is 7.64. The van der Waals surface area contributed by atoms with Gasteiger partial charge in [-0.15, -0.1) is 0 Å². The van der Waals surface area contributed by atoms with Gasteiger partial charge < -0.3 is 10.6 Å². The van der Waals surface area contributed by atoms with Crippen LogP contribution in [-0.2, 0) is 9.59 Å². The van der Waals surface area contributed by atoms with E-state index in [1.54, 1.807) is 0 Å². The van der Waals surface area contributed by atoms with Crippen molar-refractivity contribution >= 4 is 22.6 Å². The first-order valence-electron chi connectivity index (χ1n) is 11.0. The summed E-state index contributed by atoms with van der Waals surface area (Å²) in [6, 6.07) is 14.7. The van der Waals surface area contributed by atoms with Gasteiger partial charge in [0, 0.05) is 32.2 Å². The van der Waals surface area contributed by atoms with Crippen molar-refractivity contribution in [1.82, 2.24) is 20.4 Å². The number of benzene rings is 2. The highest BCUT2D eigenvalue weighted by atomic mass is 16.2. The van der Waals surface area contributed by atoms with Crippen molar-refractivity contribution in [3.8, 4) is 0 Å². The van der Waals surface area contributed by atoms with E-state index in [-0.39, 0.29) is 23.9 Å². The first kappa shape index (κ1) is 20.8. The summed E-state index contributed by atoms with van der Waals surface area (Å²) in [5.74, 6) is 0.177. The van der Waals surface area contributed by atoms with Gasteiger partial charge in [-0.25, -0.2) is 0 Å². The Balaban J connectivity index is 1.26. The Morgan fingerprint density at radius 3 is 2.43 bits per heavy atom. The average Bonchev–Trinajstić information content (AvgIpc) is 3.57. The highest BCUT2D eigenvalue weighted by Gasteiger charge is 2.30. The van der Waals surface area contributed by atoms with Crippen LogP contribution in [0.15, 0.2) is 42.5 Å². The normalized spacial score (nSPS) is 19.9. The number of hydrogen-bond donors (Lipinski definition) is 2. The van der Waals surface area contributed by atoms with Gasteiger partial charge in [-0.2, -0.15) is 0 Å². The monoisotopic (exact) mass is 408 g/mol. The van der Waals surface area contributed by atoms with Gasteiger partial charge in [-0.3, -0.25) is 19.4 Å². The second-order valence-corrected chi connectivity index (χ2v) is 8.63. The van der Waals surface area contributed by atoms with Gasteiger partial charge in [0.1, 0.15) is 0 Å². The maximum Gasteiger partial charge on any atom is 0.237 e. The number of carbonyl (C=O) groups excluding carboxylic acids is 2. The number of nitrogens with one attached hydrogen (secondary N) is 2. The van der Waals surface area contributed by atoms with Gasteiger partial charge in [0.25, 0.3) is 0 Å². The van der Waals surface area contributed by atoms with Crippen LogP contribution in [-0.4, -0.2) is 66.4 Å². The third-order valence-corrected chi connectivity index (χ3v) is 6.29. The smallest absolute Gasteiger partial charge is 0.237 e. The number of piperazine rings is 1. The Bertz CT molecular complexity index is 898. The summed E-state index contributed by atoms with van der Waals surface area (Å²) in [4.78, 5) is 29.3. The summed E-state index contributed by atoms with van der Waals surface area (Å²) in [5, 5.41) is 8.61. The summed E-state index contributed by atoms with van der Waals surface area (Å²) >= 11 is 0. The van der Waals surface area contributed by atoms with E-state index in [1.807, 2.05) is 32.0 Å². The van der Waals surface area contributed by atoms with E-state index in [0.717, 1.165) is 44.6 Å². The van der Waals surface area contributed by atoms with Gasteiger partial charge in [0.2, 0.25) is 11.8 Å². The van der Waals surface area contributed by atoms with Crippen molar-refractivity contribution in [2.75, 3.05) is 32.7 Å². The summed E-state index contributed by atoms with van der Waals surface area (Å²) < 4.78 is 0. The number of hydrogen-bond acceptors (Lipinski definition) is 4. The maximum absolute atomic E-state index is 12.7. The molecule has 2 atom stereocenters. The zero-order valence-corrected chi connectivity index (χ0v) is 17.9. The molecule has 30 heavy (non-hydrogen) atoms. The van der Waals surface area contributed by atoms with Crippen LogP contribution in [0.1, 0.15) is 38.3 Å². The van der Waals surface area contributed by atoms with Crippen LogP contribution >= 0.6 is 0 Å². The van der Waals surface area contributed by atoms with Crippen molar-refractivity contribution in [3.63, 3.8) is 0 Å². The predicted molar refractivity (Wildman–Crippen MR) is 119 cm³/mol. The lowest BCUT2D eigenvalue weighted by molar-refractivity contribution is -0.128. The quantitative estimate of drug-likeness (QED) is 0.738. The molecule has 2 unspecified atom stereocenters. The molecule has 160 valence electrons. The van der Waals surface area contributed by atoms with Crippen molar-refractivity contribution in [3.05, 3.63) is 48.0 Å². The molecule has 6 heteroatoms. The molecule has 1 aliphatic carbocycles. The lowest BCUT2D eigenvalue weighted by atomic mass is 10.00. The fourth-order valence-corrected chi connectivity index (χ4v) is 4.22. The lowest BCUT2D eigenvalue weighted by Crippen LogP contribution is -2.55. The Labute approximate surface area is 178 Å². The molecule has 1 aliphatic heterocycles. The Hall–Kier alpha value is -2.44. The summed E-state index contributed by atoms with van der Waals surface area (Å²) in [6.07, 6.45) is 2.22. The Morgan fingerprint density at radius 1 is 1.00 bits per heavy atom. The molecule has 2 aliphatic rings. The molecule has 2 aromatic carbocycles. The van der Waals surface area contributed by atoms with Crippen LogP contribution in [0, 0.1) is 0 Å². The van der Waals surface area contributed by atoms with Crippen LogP contribution in [0.4, 0.5) is 0 Å². The molecule has 6 nitrogen and oxygen atoms in total. The Kier molecular flexibility index (Phi) is 6.35. The van der Waals surface area contributed by atoms with Crippen LogP contribution in [0.2, 0.25) is 0 Å². The minimum absolute atomic E-state index is 0.0448. The van der Waals surface area contributed by atoms with E-state index in [0.29, 0.717) is 12.6 Å².